The molecule has 5 nitrogen and oxygen atoms in total. The van der Waals surface area contributed by atoms with Gasteiger partial charge in [0.05, 0.1) is 12.5 Å². The lowest BCUT2D eigenvalue weighted by Gasteiger charge is -2.23. The second kappa shape index (κ2) is 5.39. The van der Waals surface area contributed by atoms with Gasteiger partial charge in [0, 0.05) is 23.2 Å². The van der Waals surface area contributed by atoms with E-state index < -0.39 is 11.9 Å². The molecule has 0 radical (unpaired) electrons. The van der Waals surface area contributed by atoms with Crippen LogP contribution in [0.1, 0.15) is 0 Å². The number of benzene rings is 1. The molecule has 1 fully saturated rings. The van der Waals surface area contributed by atoms with Crippen LogP contribution in [0.25, 0.3) is 0 Å². The van der Waals surface area contributed by atoms with Crippen molar-refractivity contribution in [2.45, 2.75) is 0 Å². The molecule has 1 aromatic rings. The molecule has 1 saturated heterocycles. The van der Waals surface area contributed by atoms with Gasteiger partial charge < -0.3 is 15.3 Å². The number of nitrogens with one attached hydrogen (secondary N) is 1. The van der Waals surface area contributed by atoms with Crippen LogP contribution in [-0.2, 0) is 9.59 Å². The van der Waals surface area contributed by atoms with Crippen molar-refractivity contribution in [3.63, 3.8) is 0 Å². The fourth-order valence-electron chi connectivity index (χ4n) is 1.90. The van der Waals surface area contributed by atoms with Crippen molar-refractivity contribution >= 4 is 33.5 Å². The van der Waals surface area contributed by atoms with E-state index in [1.807, 2.05) is 24.3 Å². The summed E-state index contributed by atoms with van der Waals surface area (Å²) in [5.41, 5.74) is 0.840. The maximum absolute atomic E-state index is 11.6. The summed E-state index contributed by atoms with van der Waals surface area (Å²) in [6.07, 6.45) is 0. The van der Waals surface area contributed by atoms with E-state index >= 15 is 0 Å². The monoisotopic (exact) mass is 312 g/mol. The summed E-state index contributed by atoms with van der Waals surface area (Å²) < 4.78 is 0.900. The highest BCUT2D eigenvalue weighted by molar-refractivity contribution is 9.10. The van der Waals surface area contributed by atoms with Gasteiger partial charge in [0.15, 0.2) is 0 Å². The van der Waals surface area contributed by atoms with E-state index in [9.17, 15) is 9.59 Å². The van der Waals surface area contributed by atoms with Gasteiger partial charge in [-0.3, -0.25) is 9.59 Å². The second-order valence-corrected chi connectivity index (χ2v) is 5.12. The van der Waals surface area contributed by atoms with Crippen LogP contribution < -0.4 is 10.2 Å². The molecule has 1 atom stereocenters. The number of carbonyl (C=O) groups is 2. The standard InChI is InChI=1S/C12H13BrN2O3/c13-9-2-1-3-10(4-9)15-6-8(12(17)18)5-14-11(16)7-15/h1-4,8H,5-7H2,(H,14,16)(H,17,18). The Morgan fingerprint density at radius 1 is 1.50 bits per heavy atom. The average molecular weight is 313 g/mol. The maximum Gasteiger partial charge on any atom is 0.310 e. The third-order valence-electron chi connectivity index (χ3n) is 2.84. The first-order valence-corrected chi connectivity index (χ1v) is 6.35. The predicted molar refractivity (Wildman–Crippen MR) is 70.5 cm³/mol. The normalized spacial score (nSPS) is 20.2. The zero-order valence-electron chi connectivity index (χ0n) is 9.60. The molecular weight excluding hydrogens is 300 g/mol. The van der Waals surface area contributed by atoms with E-state index in [4.69, 9.17) is 5.11 Å². The van der Waals surface area contributed by atoms with Gasteiger partial charge in [-0.25, -0.2) is 0 Å². The van der Waals surface area contributed by atoms with Gasteiger partial charge in [0.1, 0.15) is 0 Å². The Bertz CT molecular complexity index is 478. The first-order valence-electron chi connectivity index (χ1n) is 5.56. The van der Waals surface area contributed by atoms with Crippen LogP contribution in [0.5, 0.6) is 0 Å². The summed E-state index contributed by atoms with van der Waals surface area (Å²) in [6, 6.07) is 7.48. The summed E-state index contributed by atoms with van der Waals surface area (Å²) in [7, 11) is 0. The van der Waals surface area contributed by atoms with E-state index in [2.05, 4.69) is 21.2 Å². The number of nitrogens with zero attached hydrogens (tertiary/aromatic N) is 1. The number of hydrogen-bond acceptors (Lipinski definition) is 3. The lowest BCUT2D eigenvalue weighted by Crippen LogP contribution is -2.34. The molecule has 1 unspecified atom stereocenters. The molecule has 6 heteroatoms. The molecule has 1 aliphatic heterocycles. The summed E-state index contributed by atoms with van der Waals surface area (Å²) in [5.74, 6) is -1.63. The van der Waals surface area contributed by atoms with Crippen molar-refractivity contribution in [1.82, 2.24) is 5.32 Å². The SMILES string of the molecule is O=C1CN(c2cccc(Br)c2)CC(C(=O)O)CN1. The summed E-state index contributed by atoms with van der Waals surface area (Å²) in [6.45, 7) is 0.684. The quantitative estimate of drug-likeness (QED) is 0.857. The number of carbonyl (C=O) groups excluding carboxylic acids is 1. The van der Waals surface area contributed by atoms with E-state index in [0.29, 0.717) is 6.54 Å². The molecule has 0 aromatic heterocycles. The minimum Gasteiger partial charge on any atom is -0.481 e. The number of carboxylic acids is 1. The lowest BCUT2D eigenvalue weighted by atomic mass is 10.1. The number of rotatable bonds is 2. The molecule has 1 heterocycles. The minimum absolute atomic E-state index is 0.154. The Morgan fingerprint density at radius 3 is 2.94 bits per heavy atom. The third-order valence-corrected chi connectivity index (χ3v) is 3.34. The van der Waals surface area contributed by atoms with Gasteiger partial charge >= 0.3 is 5.97 Å². The highest BCUT2D eigenvalue weighted by Gasteiger charge is 2.26. The summed E-state index contributed by atoms with van der Waals surface area (Å²) >= 11 is 3.36. The second-order valence-electron chi connectivity index (χ2n) is 4.20. The molecule has 1 aliphatic rings. The number of carboxylic acid groups (broad SMARTS) is 1. The molecule has 2 rings (SSSR count). The van der Waals surface area contributed by atoms with Crippen LogP contribution >= 0.6 is 15.9 Å². The van der Waals surface area contributed by atoms with Crippen molar-refractivity contribution in [2.75, 3.05) is 24.5 Å². The molecule has 0 bridgehead atoms. The number of halogens is 1. The topological polar surface area (TPSA) is 69.6 Å². The Labute approximate surface area is 113 Å². The van der Waals surface area contributed by atoms with E-state index in [0.717, 1.165) is 10.2 Å². The van der Waals surface area contributed by atoms with Gasteiger partial charge in [-0.05, 0) is 18.2 Å². The molecule has 1 aromatic carbocycles. The lowest BCUT2D eigenvalue weighted by molar-refractivity contribution is -0.141. The number of amides is 1. The van der Waals surface area contributed by atoms with Crippen LogP contribution in [0.15, 0.2) is 28.7 Å². The number of anilines is 1. The summed E-state index contributed by atoms with van der Waals surface area (Å²) in [5, 5.41) is 11.7. The van der Waals surface area contributed by atoms with Gasteiger partial charge in [0.25, 0.3) is 0 Å². The fourth-order valence-corrected chi connectivity index (χ4v) is 2.28. The molecule has 96 valence electrons. The largest absolute Gasteiger partial charge is 0.481 e. The van der Waals surface area contributed by atoms with Gasteiger partial charge in [-0.15, -0.1) is 0 Å². The van der Waals surface area contributed by atoms with Crippen LogP contribution in [-0.4, -0.2) is 36.6 Å². The minimum atomic E-state index is -0.891. The number of hydrogen-bond donors (Lipinski definition) is 2. The Balaban J connectivity index is 2.24. The van der Waals surface area contributed by atoms with E-state index in [1.54, 1.807) is 4.90 Å². The van der Waals surface area contributed by atoms with Crippen LogP contribution in [0.2, 0.25) is 0 Å². The van der Waals surface area contributed by atoms with Crippen LogP contribution in [0.4, 0.5) is 5.69 Å². The highest BCUT2D eigenvalue weighted by Crippen LogP contribution is 2.21. The molecule has 1 amide bonds. The predicted octanol–water partition coefficient (Wildman–Crippen LogP) is 1.09. The van der Waals surface area contributed by atoms with Crippen molar-refractivity contribution < 1.29 is 14.7 Å². The van der Waals surface area contributed by atoms with Crippen molar-refractivity contribution in [3.8, 4) is 0 Å². The third kappa shape index (κ3) is 3.01. The first kappa shape index (κ1) is 12.9. The zero-order chi connectivity index (χ0) is 13.1. The number of aliphatic carboxylic acids is 1. The Hall–Kier alpha value is -1.56. The van der Waals surface area contributed by atoms with E-state index in [-0.39, 0.29) is 19.0 Å². The zero-order valence-corrected chi connectivity index (χ0v) is 11.2. The van der Waals surface area contributed by atoms with Crippen molar-refractivity contribution in [3.05, 3.63) is 28.7 Å². The van der Waals surface area contributed by atoms with Crippen LogP contribution in [0.3, 0.4) is 0 Å². The fraction of sp³-hybridized carbons (Fsp3) is 0.333. The van der Waals surface area contributed by atoms with E-state index in [1.165, 1.54) is 0 Å². The molecule has 0 saturated carbocycles. The molecule has 2 N–H and O–H groups in total. The van der Waals surface area contributed by atoms with Crippen molar-refractivity contribution in [1.29, 1.82) is 0 Å². The molecular formula is C12H13BrN2O3. The Kier molecular flexibility index (Phi) is 3.86. The molecule has 0 spiro atoms. The smallest absolute Gasteiger partial charge is 0.310 e. The summed E-state index contributed by atoms with van der Waals surface area (Å²) in [4.78, 5) is 24.4. The Morgan fingerprint density at radius 2 is 2.28 bits per heavy atom. The maximum atomic E-state index is 11.6. The average Bonchev–Trinajstić information content (AvgIpc) is 2.51. The molecule has 0 aliphatic carbocycles. The molecule has 18 heavy (non-hydrogen) atoms. The highest BCUT2D eigenvalue weighted by atomic mass is 79.9. The van der Waals surface area contributed by atoms with Crippen LogP contribution in [0, 0.1) is 5.92 Å². The van der Waals surface area contributed by atoms with Gasteiger partial charge in [-0.2, -0.15) is 0 Å². The van der Waals surface area contributed by atoms with Crippen molar-refractivity contribution in [2.24, 2.45) is 5.92 Å². The van der Waals surface area contributed by atoms with Gasteiger partial charge in [0.2, 0.25) is 5.91 Å². The van der Waals surface area contributed by atoms with Gasteiger partial charge in [-0.1, -0.05) is 22.0 Å². The first-order chi connectivity index (χ1) is 8.56.